The number of ether oxygens (including phenoxy) is 2. The molecular weight excluding hydrogens is 532 g/mol. The maximum Gasteiger partial charge on any atom is 0.310 e. The van der Waals surface area contributed by atoms with Crippen molar-refractivity contribution in [3.63, 3.8) is 0 Å². The molecule has 0 aromatic heterocycles. The van der Waals surface area contributed by atoms with E-state index in [1.54, 1.807) is 0 Å². The molecule has 3 atom stereocenters. The van der Waals surface area contributed by atoms with Crippen molar-refractivity contribution in [3.8, 4) is 0 Å². The lowest BCUT2D eigenvalue weighted by Crippen LogP contribution is -2.39. The lowest BCUT2D eigenvalue weighted by atomic mass is 9.73. The van der Waals surface area contributed by atoms with Crippen LogP contribution in [0.15, 0.2) is 0 Å². The summed E-state index contributed by atoms with van der Waals surface area (Å²) < 4.78 is 11.4. The molecule has 0 bridgehead atoms. The van der Waals surface area contributed by atoms with E-state index in [9.17, 15) is 9.59 Å². The fourth-order valence-corrected chi connectivity index (χ4v) is 6.76. The third-order valence-electron chi connectivity index (χ3n) is 9.64. The Morgan fingerprint density at radius 2 is 0.860 bits per heavy atom. The molecule has 0 aromatic carbocycles. The Balaban J connectivity index is 2.08. The normalized spacial score (nSPS) is 18.8. The second-order valence-corrected chi connectivity index (χ2v) is 14.8. The Labute approximate surface area is 268 Å². The van der Waals surface area contributed by atoms with Gasteiger partial charge in [-0.15, -0.1) is 0 Å². The van der Waals surface area contributed by atoms with Gasteiger partial charge < -0.3 is 9.47 Å². The van der Waals surface area contributed by atoms with E-state index in [2.05, 4.69) is 34.6 Å². The van der Waals surface area contributed by atoms with Gasteiger partial charge >= 0.3 is 11.9 Å². The van der Waals surface area contributed by atoms with E-state index in [4.69, 9.17) is 9.47 Å². The highest BCUT2D eigenvalue weighted by Crippen LogP contribution is 2.36. The van der Waals surface area contributed by atoms with E-state index < -0.39 is 0 Å². The molecule has 0 saturated heterocycles. The Hall–Kier alpha value is -1.06. The molecule has 254 valence electrons. The second kappa shape index (κ2) is 27.3. The molecule has 1 aliphatic carbocycles. The van der Waals surface area contributed by atoms with Crippen LogP contribution >= 0.6 is 0 Å². The Kier molecular flexibility index (Phi) is 25.3. The van der Waals surface area contributed by atoms with Crippen LogP contribution in [0, 0.1) is 29.6 Å². The summed E-state index contributed by atoms with van der Waals surface area (Å²) in [6, 6.07) is 0. The number of unbranched alkanes of at least 4 members (excludes halogenated alkanes) is 18. The predicted molar refractivity (Wildman–Crippen MR) is 183 cm³/mol. The molecule has 43 heavy (non-hydrogen) atoms. The first-order valence-corrected chi connectivity index (χ1v) is 19.2. The summed E-state index contributed by atoms with van der Waals surface area (Å²) >= 11 is 0. The quantitative estimate of drug-likeness (QED) is 0.0656. The van der Waals surface area contributed by atoms with Crippen LogP contribution in [0.5, 0.6) is 0 Å². The summed E-state index contributed by atoms with van der Waals surface area (Å²) in [5.74, 6) is 0.837. The molecular formula is C39H74O4. The summed E-state index contributed by atoms with van der Waals surface area (Å²) in [4.78, 5) is 26.0. The molecule has 0 aliphatic heterocycles. The van der Waals surface area contributed by atoms with E-state index in [1.165, 1.54) is 116 Å². The number of hydrogen-bond acceptors (Lipinski definition) is 4. The molecule has 0 aromatic rings. The van der Waals surface area contributed by atoms with Crippen LogP contribution < -0.4 is 0 Å². The maximum atomic E-state index is 13.0. The van der Waals surface area contributed by atoms with Crippen molar-refractivity contribution in [1.29, 1.82) is 0 Å². The molecule has 3 unspecified atom stereocenters. The van der Waals surface area contributed by atoms with Gasteiger partial charge in [0.2, 0.25) is 0 Å². The van der Waals surface area contributed by atoms with Crippen molar-refractivity contribution in [2.75, 3.05) is 13.2 Å². The summed E-state index contributed by atoms with van der Waals surface area (Å²) in [7, 11) is 0. The van der Waals surface area contributed by atoms with Crippen LogP contribution in [0.1, 0.15) is 195 Å². The smallest absolute Gasteiger partial charge is 0.310 e. The van der Waals surface area contributed by atoms with Crippen molar-refractivity contribution < 1.29 is 19.1 Å². The highest BCUT2D eigenvalue weighted by molar-refractivity contribution is 5.82. The van der Waals surface area contributed by atoms with Crippen LogP contribution in [0.2, 0.25) is 0 Å². The SMILES string of the molecule is CC(C)CCCCCCCCCCCCOC(=O)C1CCCC(C)C1C(=O)OCCCCCCCCCCCCC(C)C. The number of esters is 2. The zero-order valence-electron chi connectivity index (χ0n) is 29.6. The molecule has 4 nitrogen and oxygen atoms in total. The van der Waals surface area contributed by atoms with Crippen molar-refractivity contribution in [3.05, 3.63) is 0 Å². The summed E-state index contributed by atoms with van der Waals surface area (Å²) in [5.41, 5.74) is 0. The minimum atomic E-state index is -0.341. The zero-order chi connectivity index (χ0) is 31.5. The fourth-order valence-electron chi connectivity index (χ4n) is 6.76. The summed E-state index contributed by atoms with van der Waals surface area (Å²) in [5, 5.41) is 0. The Morgan fingerprint density at radius 1 is 0.512 bits per heavy atom. The molecule has 1 saturated carbocycles. The van der Waals surface area contributed by atoms with Gasteiger partial charge in [-0.2, -0.15) is 0 Å². The fraction of sp³-hybridized carbons (Fsp3) is 0.949. The van der Waals surface area contributed by atoms with Gasteiger partial charge in [-0.3, -0.25) is 9.59 Å². The van der Waals surface area contributed by atoms with Gasteiger partial charge in [0.1, 0.15) is 0 Å². The molecule has 0 N–H and O–H groups in total. The molecule has 1 fully saturated rings. The number of carbonyl (C=O) groups excluding carboxylic acids is 2. The van der Waals surface area contributed by atoms with Gasteiger partial charge in [-0.25, -0.2) is 0 Å². The second-order valence-electron chi connectivity index (χ2n) is 14.8. The summed E-state index contributed by atoms with van der Waals surface area (Å²) in [6.45, 7) is 12.3. The first-order valence-electron chi connectivity index (χ1n) is 19.2. The van der Waals surface area contributed by atoms with Crippen LogP contribution in [0.3, 0.4) is 0 Å². The van der Waals surface area contributed by atoms with E-state index in [-0.39, 0.29) is 29.7 Å². The van der Waals surface area contributed by atoms with Crippen molar-refractivity contribution in [1.82, 2.24) is 0 Å². The van der Waals surface area contributed by atoms with Crippen molar-refractivity contribution in [2.45, 2.75) is 195 Å². The molecule has 0 spiro atoms. The molecule has 1 rings (SSSR count). The molecule has 0 amide bonds. The highest BCUT2D eigenvalue weighted by Gasteiger charge is 2.42. The van der Waals surface area contributed by atoms with Crippen LogP contribution in [-0.4, -0.2) is 25.2 Å². The first-order chi connectivity index (χ1) is 20.8. The summed E-state index contributed by atoms with van der Waals surface area (Å²) in [6.07, 6.45) is 31.0. The van der Waals surface area contributed by atoms with Crippen LogP contribution in [-0.2, 0) is 19.1 Å². The van der Waals surface area contributed by atoms with Gasteiger partial charge in [0.05, 0.1) is 25.0 Å². The number of hydrogen-bond donors (Lipinski definition) is 0. The Morgan fingerprint density at radius 3 is 1.26 bits per heavy atom. The maximum absolute atomic E-state index is 13.0. The zero-order valence-corrected chi connectivity index (χ0v) is 29.6. The third-order valence-corrected chi connectivity index (χ3v) is 9.64. The van der Waals surface area contributed by atoms with Gasteiger partial charge in [-0.05, 0) is 43.4 Å². The van der Waals surface area contributed by atoms with Gasteiger partial charge in [0.15, 0.2) is 0 Å². The van der Waals surface area contributed by atoms with Gasteiger partial charge in [0, 0.05) is 0 Å². The lowest BCUT2D eigenvalue weighted by molar-refractivity contribution is -0.165. The highest BCUT2D eigenvalue weighted by atomic mass is 16.5. The third kappa shape index (κ3) is 22.1. The Bertz CT molecular complexity index is 658. The average molecular weight is 607 g/mol. The number of carbonyl (C=O) groups is 2. The van der Waals surface area contributed by atoms with E-state index >= 15 is 0 Å². The lowest BCUT2D eigenvalue weighted by Gasteiger charge is -2.33. The average Bonchev–Trinajstić information content (AvgIpc) is 2.97. The topological polar surface area (TPSA) is 52.6 Å². The minimum Gasteiger partial charge on any atom is -0.465 e. The van der Waals surface area contributed by atoms with Crippen LogP contribution in [0.25, 0.3) is 0 Å². The molecule has 0 heterocycles. The van der Waals surface area contributed by atoms with E-state index in [0.29, 0.717) is 13.2 Å². The molecule has 0 radical (unpaired) electrons. The van der Waals surface area contributed by atoms with E-state index in [1.807, 2.05) is 0 Å². The van der Waals surface area contributed by atoms with Gasteiger partial charge in [0.25, 0.3) is 0 Å². The molecule has 4 heteroatoms. The monoisotopic (exact) mass is 607 g/mol. The van der Waals surface area contributed by atoms with Crippen LogP contribution in [0.4, 0.5) is 0 Å². The standard InChI is InChI=1S/C39H74O4/c1-33(2)27-22-18-14-10-6-8-12-16-20-24-31-42-38(40)36-30-26-29-35(5)37(36)39(41)43-32-25-21-17-13-9-7-11-15-19-23-28-34(3)4/h33-37H,6-32H2,1-5H3. The number of rotatable bonds is 28. The van der Waals surface area contributed by atoms with Crippen molar-refractivity contribution in [2.24, 2.45) is 29.6 Å². The largest absolute Gasteiger partial charge is 0.465 e. The predicted octanol–water partition coefficient (Wildman–Crippen LogP) is 12.0. The van der Waals surface area contributed by atoms with E-state index in [0.717, 1.165) is 56.8 Å². The minimum absolute atomic E-state index is 0.175. The van der Waals surface area contributed by atoms with Crippen molar-refractivity contribution >= 4 is 11.9 Å². The molecule has 1 aliphatic rings. The first kappa shape index (κ1) is 40.0. The van der Waals surface area contributed by atoms with Gasteiger partial charge in [-0.1, -0.05) is 169 Å².